The molecule has 10 heteroatoms. The molecule has 0 radical (unpaired) electrons. The van der Waals surface area contributed by atoms with Crippen molar-refractivity contribution >= 4 is 20.9 Å². The second kappa shape index (κ2) is 5.62. The Kier molecular flexibility index (Phi) is 3.48. The highest BCUT2D eigenvalue weighted by Crippen LogP contribution is 2.51. The van der Waals surface area contributed by atoms with Gasteiger partial charge < -0.3 is 4.98 Å². The Morgan fingerprint density at radius 2 is 2.18 bits per heavy atom. The maximum Gasteiger partial charge on any atom is 0.259 e. The van der Waals surface area contributed by atoms with Crippen molar-refractivity contribution in [2.24, 2.45) is 18.9 Å². The van der Waals surface area contributed by atoms with Gasteiger partial charge in [-0.25, -0.2) is 17.8 Å². The summed E-state index contributed by atoms with van der Waals surface area (Å²) in [6, 6.07) is 4.21. The van der Waals surface area contributed by atoms with E-state index in [-0.39, 0.29) is 22.4 Å². The third-order valence-electron chi connectivity index (χ3n) is 5.69. The van der Waals surface area contributed by atoms with Crippen LogP contribution in [0.15, 0.2) is 23.5 Å². The number of nitrogens with one attached hydrogen (secondary N) is 1. The monoisotopic (exact) mass is 400 g/mol. The number of piperidine rings is 1. The Morgan fingerprint density at radius 3 is 2.86 bits per heavy atom. The first kappa shape index (κ1) is 17.3. The summed E-state index contributed by atoms with van der Waals surface area (Å²) in [5.74, 6) is 0.201. The maximum atomic E-state index is 14.6. The van der Waals surface area contributed by atoms with E-state index in [1.54, 1.807) is 14.0 Å². The van der Waals surface area contributed by atoms with Gasteiger partial charge in [0.05, 0.1) is 11.6 Å². The minimum Gasteiger partial charge on any atom is -0.342 e. The van der Waals surface area contributed by atoms with Crippen LogP contribution in [0.4, 0.5) is 4.39 Å². The van der Waals surface area contributed by atoms with Crippen LogP contribution in [0.3, 0.4) is 0 Å². The first-order chi connectivity index (χ1) is 13.3. The molecule has 0 amide bonds. The van der Waals surface area contributed by atoms with Crippen LogP contribution in [0.1, 0.15) is 12.0 Å². The van der Waals surface area contributed by atoms with Crippen molar-refractivity contribution in [3.05, 3.63) is 29.8 Å². The molecule has 3 atom stereocenters. The second-order valence-electron chi connectivity index (χ2n) is 7.52. The number of benzene rings is 1. The number of nitriles is 1. The lowest BCUT2D eigenvalue weighted by Crippen LogP contribution is -2.37. The Labute approximate surface area is 160 Å². The zero-order chi connectivity index (χ0) is 19.8. The lowest BCUT2D eigenvalue weighted by molar-refractivity contribution is 0.394. The predicted octanol–water partition coefficient (Wildman–Crippen LogP) is 1.94. The number of nitrogens with zero attached hydrogens (tertiary/aromatic N) is 5. The van der Waals surface area contributed by atoms with E-state index in [1.165, 1.54) is 27.4 Å². The molecule has 3 heterocycles. The molecule has 2 aliphatic rings. The largest absolute Gasteiger partial charge is 0.342 e. The van der Waals surface area contributed by atoms with Gasteiger partial charge in [0.1, 0.15) is 23.2 Å². The average molecular weight is 400 g/mol. The van der Waals surface area contributed by atoms with E-state index in [9.17, 15) is 18.1 Å². The van der Waals surface area contributed by atoms with Gasteiger partial charge in [-0.15, -0.1) is 0 Å². The van der Waals surface area contributed by atoms with Crippen LogP contribution in [0.25, 0.3) is 22.3 Å². The first-order valence-electron chi connectivity index (χ1n) is 8.90. The molecule has 2 fully saturated rings. The fourth-order valence-corrected chi connectivity index (χ4v) is 5.85. The highest BCUT2D eigenvalue weighted by Gasteiger charge is 2.56. The molecule has 5 rings (SSSR count). The van der Waals surface area contributed by atoms with Crippen LogP contribution in [-0.4, -0.2) is 45.1 Å². The maximum absolute atomic E-state index is 14.6. The summed E-state index contributed by atoms with van der Waals surface area (Å²) in [4.78, 5) is 6.95. The van der Waals surface area contributed by atoms with Crippen LogP contribution >= 0.6 is 0 Å². The summed E-state index contributed by atoms with van der Waals surface area (Å²) >= 11 is 0. The van der Waals surface area contributed by atoms with Gasteiger partial charge in [0.2, 0.25) is 0 Å². The Morgan fingerprint density at radius 1 is 1.39 bits per heavy atom. The van der Waals surface area contributed by atoms with Gasteiger partial charge in [-0.1, -0.05) is 0 Å². The molecule has 1 aliphatic heterocycles. The van der Waals surface area contributed by atoms with Crippen molar-refractivity contribution in [1.82, 2.24) is 24.1 Å². The highest BCUT2D eigenvalue weighted by atomic mass is 32.2. The van der Waals surface area contributed by atoms with Gasteiger partial charge in [0.25, 0.3) is 10.0 Å². The number of aromatic nitrogens is 4. The van der Waals surface area contributed by atoms with Gasteiger partial charge in [-0.05, 0) is 42.9 Å². The van der Waals surface area contributed by atoms with E-state index >= 15 is 0 Å². The molecule has 2 unspecified atom stereocenters. The molecule has 1 aliphatic carbocycles. The number of H-pyrrole nitrogens is 1. The third kappa shape index (κ3) is 2.33. The SMILES string of the molecule is Cc1cc(F)c2[nH]c(S(=O)(=O)N3CC4C[C@@H]4C3C#N)cc2c1-c1ncn(C)n1. The van der Waals surface area contributed by atoms with E-state index < -0.39 is 21.9 Å². The van der Waals surface area contributed by atoms with Crippen molar-refractivity contribution in [1.29, 1.82) is 5.26 Å². The predicted molar refractivity (Wildman–Crippen MR) is 97.9 cm³/mol. The lowest BCUT2D eigenvalue weighted by atomic mass is 10.0. The number of rotatable bonds is 3. The first-order valence-corrected chi connectivity index (χ1v) is 10.3. The molecule has 1 saturated carbocycles. The van der Waals surface area contributed by atoms with Crippen molar-refractivity contribution < 1.29 is 12.8 Å². The molecule has 2 aromatic heterocycles. The molecule has 28 heavy (non-hydrogen) atoms. The van der Waals surface area contributed by atoms with E-state index in [0.717, 1.165) is 6.42 Å². The summed E-state index contributed by atoms with van der Waals surface area (Å²) in [5.41, 5.74) is 1.27. The Balaban J connectivity index is 1.68. The minimum absolute atomic E-state index is 0.0875. The molecular formula is C18H17FN6O2S. The summed E-state index contributed by atoms with van der Waals surface area (Å²) < 4.78 is 43.7. The molecular weight excluding hydrogens is 383 g/mol. The van der Waals surface area contributed by atoms with Crippen LogP contribution < -0.4 is 0 Å². The van der Waals surface area contributed by atoms with E-state index in [2.05, 4.69) is 21.1 Å². The third-order valence-corrected chi connectivity index (χ3v) is 7.46. The average Bonchev–Trinajstić information content (AvgIpc) is 3.01. The summed E-state index contributed by atoms with van der Waals surface area (Å²) in [6.07, 6.45) is 2.42. The second-order valence-corrected chi connectivity index (χ2v) is 9.38. The minimum atomic E-state index is -3.95. The zero-order valence-electron chi connectivity index (χ0n) is 15.2. The van der Waals surface area contributed by atoms with Crippen LogP contribution in [0.5, 0.6) is 0 Å². The van der Waals surface area contributed by atoms with E-state index in [4.69, 9.17) is 0 Å². The van der Waals surface area contributed by atoms with Gasteiger partial charge >= 0.3 is 0 Å². The Bertz CT molecular complexity index is 1270. The number of fused-ring (bicyclic) bond motifs is 2. The van der Waals surface area contributed by atoms with Gasteiger partial charge in [0, 0.05) is 24.5 Å². The standard InChI is InChI=1S/C18H17FN6O2S/c1-9-3-13(19)17-12(16(9)18-21-8-24(2)23-18)5-15(22-17)28(26,27)25-7-10-4-11(10)14(25)6-20/h3,5,8,10-11,14,22H,4,7H2,1-2H3/t10?,11-,14?/m0/s1. The molecule has 1 aromatic carbocycles. The van der Waals surface area contributed by atoms with Gasteiger partial charge in [-0.3, -0.25) is 4.68 Å². The molecule has 1 N–H and O–H groups in total. The number of sulfonamides is 1. The molecule has 8 nitrogen and oxygen atoms in total. The summed E-state index contributed by atoms with van der Waals surface area (Å²) in [5, 5.41) is 14.0. The smallest absolute Gasteiger partial charge is 0.259 e. The molecule has 1 saturated heterocycles. The summed E-state index contributed by atoms with van der Waals surface area (Å²) in [6.45, 7) is 2.06. The topological polar surface area (TPSA) is 108 Å². The molecule has 3 aromatic rings. The van der Waals surface area contributed by atoms with E-state index in [1.807, 2.05) is 0 Å². The van der Waals surface area contributed by atoms with Gasteiger partial charge in [0.15, 0.2) is 5.82 Å². The van der Waals surface area contributed by atoms with Crippen molar-refractivity contribution in [2.45, 2.75) is 24.4 Å². The molecule has 0 spiro atoms. The Hall–Kier alpha value is -2.77. The number of aromatic amines is 1. The van der Waals surface area contributed by atoms with E-state index in [0.29, 0.717) is 28.9 Å². The van der Waals surface area contributed by atoms with Crippen LogP contribution in [-0.2, 0) is 17.1 Å². The lowest BCUT2D eigenvalue weighted by Gasteiger charge is -2.20. The van der Waals surface area contributed by atoms with Crippen LogP contribution in [0.2, 0.25) is 0 Å². The highest BCUT2D eigenvalue weighted by molar-refractivity contribution is 7.89. The normalized spacial score (nSPS) is 24.4. The number of hydrogen-bond acceptors (Lipinski definition) is 5. The molecule has 0 bridgehead atoms. The van der Waals surface area contributed by atoms with Gasteiger partial charge in [-0.2, -0.15) is 14.7 Å². The fraction of sp³-hybridized carbons (Fsp3) is 0.389. The fourth-order valence-electron chi connectivity index (χ4n) is 4.21. The summed E-state index contributed by atoms with van der Waals surface area (Å²) in [7, 11) is -2.22. The quantitative estimate of drug-likeness (QED) is 0.723. The van der Waals surface area contributed by atoms with Crippen molar-refractivity contribution in [2.75, 3.05) is 6.54 Å². The number of halogens is 1. The number of aryl methyl sites for hydroxylation is 2. The van der Waals surface area contributed by atoms with Crippen molar-refractivity contribution in [3.63, 3.8) is 0 Å². The molecule has 144 valence electrons. The van der Waals surface area contributed by atoms with Crippen molar-refractivity contribution in [3.8, 4) is 17.5 Å². The van der Waals surface area contributed by atoms with Crippen LogP contribution in [0, 0.1) is 35.9 Å². The zero-order valence-corrected chi connectivity index (χ0v) is 16.0. The number of hydrogen-bond donors (Lipinski definition) is 1.